The number of amides is 1. The Hall–Kier alpha value is -2.04. The van der Waals surface area contributed by atoms with Gasteiger partial charge in [-0.1, -0.05) is 38.8 Å². The van der Waals surface area contributed by atoms with Crippen LogP contribution < -0.4 is 16.0 Å². The number of anilines is 1. The Morgan fingerprint density at radius 1 is 1.00 bits per heavy atom. The van der Waals surface area contributed by atoms with Gasteiger partial charge in [0.2, 0.25) is 5.91 Å². The van der Waals surface area contributed by atoms with Crippen LogP contribution in [0.5, 0.6) is 0 Å². The molecule has 3 N–H and O–H groups in total. The number of nitrogens with one attached hydrogen (secondary N) is 3. The standard InChI is InChI=1S/C19H32N4O/c1-4-7-8-14-21-19(20-6-3)22-15-16-10-12-17(13-11-16)23-18(24)9-5-2/h10-13H,4-9,14-15H2,1-3H3,(H,23,24)(H2,20,21,22). The van der Waals surface area contributed by atoms with Gasteiger partial charge in [0.05, 0.1) is 6.54 Å². The van der Waals surface area contributed by atoms with Crippen molar-refractivity contribution in [2.45, 2.75) is 59.4 Å². The number of rotatable bonds is 10. The summed E-state index contributed by atoms with van der Waals surface area (Å²) in [6.07, 6.45) is 5.03. The predicted octanol–water partition coefficient (Wildman–Crippen LogP) is 3.67. The molecule has 0 aliphatic rings. The summed E-state index contributed by atoms with van der Waals surface area (Å²) in [4.78, 5) is 16.2. The number of carbonyl (C=O) groups excluding carboxylic acids is 1. The van der Waals surface area contributed by atoms with Crippen LogP contribution in [0.15, 0.2) is 29.3 Å². The van der Waals surface area contributed by atoms with Crippen molar-refractivity contribution < 1.29 is 4.79 Å². The molecule has 0 bridgehead atoms. The van der Waals surface area contributed by atoms with Crippen molar-refractivity contribution in [2.24, 2.45) is 4.99 Å². The number of hydrogen-bond donors (Lipinski definition) is 3. The zero-order valence-electron chi connectivity index (χ0n) is 15.3. The van der Waals surface area contributed by atoms with Crippen molar-refractivity contribution in [1.82, 2.24) is 10.6 Å². The van der Waals surface area contributed by atoms with E-state index >= 15 is 0 Å². The minimum absolute atomic E-state index is 0.0639. The van der Waals surface area contributed by atoms with Gasteiger partial charge in [-0.25, -0.2) is 4.99 Å². The number of carbonyl (C=O) groups is 1. The molecule has 0 saturated carbocycles. The fraction of sp³-hybridized carbons (Fsp3) is 0.579. The van der Waals surface area contributed by atoms with Gasteiger partial charge in [-0.05, 0) is 37.5 Å². The summed E-state index contributed by atoms with van der Waals surface area (Å²) in [5.41, 5.74) is 1.96. The van der Waals surface area contributed by atoms with Gasteiger partial charge in [-0.15, -0.1) is 0 Å². The summed E-state index contributed by atoms with van der Waals surface area (Å²) >= 11 is 0. The Balaban J connectivity index is 2.51. The Morgan fingerprint density at radius 3 is 2.38 bits per heavy atom. The molecule has 0 radical (unpaired) electrons. The van der Waals surface area contributed by atoms with Gasteiger partial charge in [0.1, 0.15) is 0 Å². The van der Waals surface area contributed by atoms with Crippen molar-refractivity contribution in [3.63, 3.8) is 0 Å². The molecular formula is C19H32N4O. The third kappa shape index (κ3) is 8.56. The van der Waals surface area contributed by atoms with E-state index in [0.717, 1.165) is 43.1 Å². The molecule has 1 rings (SSSR count). The molecule has 24 heavy (non-hydrogen) atoms. The van der Waals surface area contributed by atoms with E-state index in [0.29, 0.717) is 13.0 Å². The second-order valence-corrected chi connectivity index (χ2v) is 5.82. The van der Waals surface area contributed by atoms with E-state index in [1.807, 2.05) is 31.2 Å². The molecule has 0 unspecified atom stereocenters. The number of nitrogens with zero attached hydrogens (tertiary/aromatic N) is 1. The number of unbranched alkanes of at least 4 members (excludes halogenated alkanes) is 2. The first-order chi connectivity index (χ1) is 11.7. The maximum Gasteiger partial charge on any atom is 0.224 e. The van der Waals surface area contributed by atoms with Gasteiger partial charge in [0.25, 0.3) is 0 Å². The molecule has 0 spiro atoms. The van der Waals surface area contributed by atoms with Crippen molar-refractivity contribution in [3.05, 3.63) is 29.8 Å². The van der Waals surface area contributed by atoms with Gasteiger partial charge in [-0.2, -0.15) is 0 Å². The SMILES string of the molecule is CCCCCNC(=NCc1ccc(NC(=O)CCC)cc1)NCC. The second-order valence-electron chi connectivity index (χ2n) is 5.82. The fourth-order valence-corrected chi connectivity index (χ4v) is 2.24. The van der Waals surface area contributed by atoms with Gasteiger partial charge >= 0.3 is 0 Å². The molecule has 134 valence electrons. The summed E-state index contributed by atoms with van der Waals surface area (Å²) in [6, 6.07) is 7.87. The molecule has 0 saturated heterocycles. The highest BCUT2D eigenvalue weighted by Crippen LogP contribution is 2.11. The van der Waals surface area contributed by atoms with Crippen LogP contribution in [-0.2, 0) is 11.3 Å². The van der Waals surface area contributed by atoms with Crippen LogP contribution in [0, 0.1) is 0 Å². The minimum atomic E-state index is 0.0639. The largest absolute Gasteiger partial charge is 0.357 e. The summed E-state index contributed by atoms with van der Waals surface area (Å²) in [7, 11) is 0. The van der Waals surface area contributed by atoms with E-state index in [-0.39, 0.29) is 5.91 Å². The highest BCUT2D eigenvalue weighted by Gasteiger charge is 2.01. The Kier molecular flexibility index (Phi) is 10.3. The molecule has 1 amide bonds. The van der Waals surface area contributed by atoms with E-state index in [1.165, 1.54) is 12.8 Å². The van der Waals surface area contributed by atoms with Crippen LogP contribution >= 0.6 is 0 Å². The van der Waals surface area contributed by atoms with Crippen LogP contribution in [0.4, 0.5) is 5.69 Å². The molecule has 0 fully saturated rings. The lowest BCUT2D eigenvalue weighted by Gasteiger charge is -2.11. The highest BCUT2D eigenvalue weighted by molar-refractivity contribution is 5.90. The Morgan fingerprint density at radius 2 is 1.75 bits per heavy atom. The molecule has 0 aliphatic heterocycles. The third-order valence-corrected chi connectivity index (χ3v) is 3.55. The van der Waals surface area contributed by atoms with E-state index in [1.54, 1.807) is 0 Å². The maximum atomic E-state index is 11.6. The van der Waals surface area contributed by atoms with Crippen LogP contribution in [0.1, 0.15) is 58.4 Å². The summed E-state index contributed by atoms with van der Waals surface area (Å²) in [5, 5.41) is 9.52. The predicted molar refractivity (Wildman–Crippen MR) is 102 cm³/mol. The quantitative estimate of drug-likeness (QED) is 0.348. The van der Waals surface area contributed by atoms with E-state index in [2.05, 4.69) is 34.8 Å². The molecule has 5 nitrogen and oxygen atoms in total. The van der Waals surface area contributed by atoms with Crippen molar-refractivity contribution >= 4 is 17.6 Å². The second kappa shape index (κ2) is 12.4. The summed E-state index contributed by atoms with van der Waals surface area (Å²) in [5.74, 6) is 0.919. The maximum absolute atomic E-state index is 11.6. The number of aliphatic imine (C=N–C) groups is 1. The topological polar surface area (TPSA) is 65.5 Å². The van der Waals surface area contributed by atoms with Gasteiger partial charge in [0.15, 0.2) is 5.96 Å². The molecule has 5 heteroatoms. The summed E-state index contributed by atoms with van der Waals surface area (Å²) in [6.45, 7) is 8.68. The van der Waals surface area contributed by atoms with E-state index in [4.69, 9.17) is 0 Å². The van der Waals surface area contributed by atoms with Crippen molar-refractivity contribution in [3.8, 4) is 0 Å². The normalized spacial score (nSPS) is 11.2. The lowest BCUT2D eigenvalue weighted by atomic mass is 10.2. The smallest absolute Gasteiger partial charge is 0.224 e. The molecule has 0 heterocycles. The molecule has 0 aromatic heterocycles. The van der Waals surface area contributed by atoms with Gasteiger partial charge < -0.3 is 16.0 Å². The van der Waals surface area contributed by atoms with Crippen molar-refractivity contribution in [2.75, 3.05) is 18.4 Å². The zero-order chi connectivity index (χ0) is 17.6. The number of guanidine groups is 1. The fourth-order valence-electron chi connectivity index (χ4n) is 2.24. The van der Waals surface area contributed by atoms with Crippen LogP contribution in [0.3, 0.4) is 0 Å². The van der Waals surface area contributed by atoms with E-state index in [9.17, 15) is 4.79 Å². The Bertz CT molecular complexity index is 497. The average Bonchev–Trinajstić information content (AvgIpc) is 2.58. The van der Waals surface area contributed by atoms with Crippen LogP contribution in [-0.4, -0.2) is 25.0 Å². The van der Waals surface area contributed by atoms with Gasteiger partial charge in [0, 0.05) is 25.2 Å². The van der Waals surface area contributed by atoms with Crippen molar-refractivity contribution in [1.29, 1.82) is 0 Å². The number of hydrogen-bond acceptors (Lipinski definition) is 2. The van der Waals surface area contributed by atoms with Crippen LogP contribution in [0.2, 0.25) is 0 Å². The molecule has 1 aromatic carbocycles. The van der Waals surface area contributed by atoms with Gasteiger partial charge in [-0.3, -0.25) is 4.79 Å². The summed E-state index contributed by atoms with van der Waals surface area (Å²) < 4.78 is 0. The number of benzene rings is 1. The average molecular weight is 332 g/mol. The molecule has 0 atom stereocenters. The third-order valence-electron chi connectivity index (χ3n) is 3.55. The minimum Gasteiger partial charge on any atom is -0.357 e. The molecular weight excluding hydrogens is 300 g/mol. The first-order valence-electron chi connectivity index (χ1n) is 9.10. The lowest BCUT2D eigenvalue weighted by molar-refractivity contribution is -0.116. The van der Waals surface area contributed by atoms with E-state index < -0.39 is 0 Å². The highest BCUT2D eigenvalue weighted by atomic mass is 16.1. The first kappa shape index (κ1) is 20.0. The van der Waals surface area contributed by atoms with Crippen LogP contribution in [0.25, 0.3) is 0 Å². The monoisotopic (exact) mass is 332 g/mol. The molecule has 1 aromatic rings. The first-order valence-corrected chi connectivity index (χ1v) is 9.10. The lowest BCUT2D eigenvalue weighted by Crippen LogP contribution is -2.37. The zero-order valence-corrected chi connectivity index (χ0v) is 15.3. The Labute approximate surface area is 146 Å². The molecule has 0 aliphatic carbocycles.